The van der Waals surface area contributed by atoms with Gasteiger partial charge in [0.05, 0.1) is 18.3 Å². The van der Waals surface area contributed by atoms with Gasteiger partial charge in [-0.1, -0.05) is 26.8 Å². The van der Waals surface area contributed by atoms with Crippen molar-refractivity contribution in [3.05, 3.63) is 30.5 Å². The fourth-order valence-electron chi connectivity index (χ4n) is 2.97. The number of rotatable bonds is 9. The van der Waals surface area contributed by atoms with Crippen molar-refractivity contribution < 1.29 is 4.74 Å². The van der Waals surface area contributed by atoms with E-state index >= 15 is 0 Å². The van der Waals surface area contributed by atoms with Gasteiger partial charge in [-0.2, -0.15) is 0 Å². The van der Waals surface area contributed by atoms with E-state index in [4.69, 9.17) is 4.74 Å². The average molecular weight is 366 g/mol. The molecule has 2 rings (SSSR count). The maximum Gasteiger partial charge on any atom is 0.121 e. The Morgan fingerprint density at radius 3 is 2.64 bits per heavy atom. The van der Waals surface area contributed by atoms with Crippen LogP contribution in [-0.2, 0) is 0 Å². The molecule has 1 aromatic heterocycles. The first-order valence-electron chi connectivity index (χ1n) is 8.95. The van der Waals surface area contributed by atoms with Crippen molar-refractivity contribution >= 4 is 29.0 Å². The molecule has 0 fully saturated rings. The standard InChI is InChI=1S/C20H31N3O.ClH/c1-6-16(4)23(14-15(2)3)11-10-21-19-13-18(24-5)12-17-8-7-9-22-20(17)19;/h7-9,12-13,15-16,21H,6,10-11,14H2,1-5H3;1H. The van der Waals surface area contributed by atoms with Crippen LogP contribution in [0.1, 0.15) is 34.1 Å². The minimum Gasteiger partial charge on any atom is -0.497 e. The Hall–Kier alpha value is -1.52. The molecule has 1 aromatic carbocycles. The van der Waals surface area contributed by atoms with Gasteiger partial charge in [-0.3, -0.25) is 9.88 Å². The van der Waals surface area contributed by atoms with Crippen LogP contribution in [0, 0.1) is 5.92 Å². The topological polar surface area (TPSA) is 37.4 Å². The number of pyridine rings is 1. The first-order chi connectivity index (χ1) is 11.5. The number of nitrogens with zero attached hydrogens (tertiary/aromatic N) is 2. The molecule has 0 aliphatic rings. The van der Waals surface area contributed by atoms with E-state index < -0.39 is 0 Å². The molecule has 1 heterocycles. The van der Waals surface area contributed by atoms with Gasteiger partial charge in [0.1, 0.15) is 5.75 Å². The largest absolute Gasteiger partial charge is 0.497 e. The van der Waals surface area contributed by atoms with Crippen LogP contribution in [0.25, 0.3) is 10.9 Å². The molecule has 5 heteroatoms. The Balaban J connectivity index is 0.00000312. The van der Waals surface area contributed by atoms with Crippen LogP contribution in [0.5, 0.6) is 5.75 Å². The summed E-state index contributed by atoms with van der Waals surface area (Å²) in [6.45, 7) is 12.2. The highest BCUT2D eigenvalue weighted by Crippen LogP contribution is 2.27. The Kier molecular flexibility index (Phi) is 9.01. The molecule has 140 valence electrons. The molecule has 0 radical (unpaired) electrons. The van der Waals surface area contributed by atoms with Gasteiger partial charge in [0.25, 0.3) is 0 Å². The van der Waals surface area contributed by atoms with E-state index in [-0.39, 0.29) is 12.4 Å². The number of nitrogens with one attached hydrogen (secondary N) is 1. The van der Waals surface area contributed by atoms with Gasteiger partial charge in [-0.05, 0) is 31.4 Å². The molecule has 1 unspecified atom stereocenters. The van der Waals surface area contributed by atoms with E-state index in [9.17, 15) is 0 Å². The third kappa shape index (κ3) is 6.05. The molecule has 0 bridgehead atoms. The minimum absolute atomic E-state index is 0. The number of aromatic nitrogens is 1. The van der Waals surface area contributed by atoms with Crippen molar-refractivity contribution in [2.75, 3.05) is 32.1 Å². The number of anilines is 1. The van der Waals surface area contributed by atoms with Gasteiger partial charge in [-0.25, -0.2) is 0 Å². The number of benzene rings is 1. The maximum absolute atomic E-state index is 5.42. The second kappa shape index (κ2) is 10.5. The Labute approximate surface area is 158 Å². The number of hydrogen-bond donors (Lipinski definition) is 1. The summed E-state index contributed by atoms with van der Waals surface area (Å²) >= 11 is 0. The molecule has 25 heavy (non-hydrogen) atoms. The van der Waals surface area contributed by atoms with Crippen molar-refractivity contribution in [2.24, 2.45) is 5.92 Å². The third-order valence-corrected chi connectivity index (χ3v) is 4.44. The fraction of sp³-hybridized carbons (Fsp3) is 0.550. The van der Waals surface area contributed by atoms with Crippen LogP contribution in [-0.4, -0.2) is 42.7 Å². The summed E-state index contributed by atoms with van der Waals surface area (Å²) in [6, 6.07) is 8.69. The van der Waals surface area contributed by atoms with Crippen LogP contribution < -0.4 is 10.1 Å². The highest BCUT2D eigenvalue weighted by Gasteiger charge is 2.13. The molecule has 0 spiro atoms. The molecular formula is C20H32ClN3O. The number of methoxy groups -OCH3 is 1. The molecule has 0 saturated carbocycles. The first kappa shape index (κ1) is 21.5. The first-order valence-corrected chi connectivity index (χ1v) is 8.95. The van der Waals surface area contributed by atoms with Gasteiger partial charge < -0.3 is 10.1 Å². The Morgan fingerprint density at radius 1 is 1.24 bits per heavy atom. The zero-order chi connectivity index (χ0) is 17.5. The van der Waals surface area contributed by atoms with Crippen LogP contribution in [0.2, 0.25) is 0 Å². The Morgan fingerprint density at radius 2 is 2.00 bits per heavy atom. The molecule has 0 aliphatic heterocycles. The molecule has 0 amide bonds. The highest BCUT2D eigenvalue weighted by atomic mass is 35.5. The molecule has 0 aliphatic carbocycles. The van der Waals surface area contributed by atoms with E-state index in [1.807, 2.05) is 24.4 Å². The molecular weight excluding hydrogens is 334 g/mol. The minimum atomic E-state index is 0. The lowest BCUT2D eigenvalue weighted by atomic mass is 10.1. The molecule has 1 atom stereocenters. The summed E-state index contributed by atoms with van der Waals surface area (Å²) in [7, 11) is 1.70. The maximum atomic E-state index is 5.42. The lowest BCUT2D eigenvalue weighted by Crippen LogP contribution is -2.38. The van der Waals surface area contributed by atoms with Gasteiger partial charge in [-0.15, -0.1) is 12.4 Å². The number of hydrogen-bond acceptors (Lipinski definition) is 4. The number of fused-ring (bicyclic) bond motifs is 1. The summed E-state index contributed by atoms with van der Waals surface area (Å²) in [6.07, 6.45) is 3.01. The van der Waals surface area contributed by atoms with E-state index in [2.05, 4.69) is 49.0 Å². The number of halogens is 1. The van der Waals surface area contributed by atoms with Crippen molar-refractivity contribution in [3.63, 3.8) is 0 Å². The van der Waals surface area contributed by atoms with E-state index in [1.165, 1.54) is 6.42 Å². The smallest absolute Gasteiger partial charge is 0.121 e. The van der Waals surface area contributed by atoms with Crippen molar-refractivity contribution in [1.29, 1.82) is 0 Å². The van der Waals surface area contributed by atoms with Crippen molar-refractivity contribution in [1.82, 2.24) is 9.88 Å². The molecule has 4 nitrogen and oxygen atoms in total. The third-order valence-electron chi connectivity index (χ3n) is 4.44. The lowest BCUT2D eigenvalue weighted by molar-refractivity contribution is 0.189. The van der Waals surface area contributed by atoms with Gasteiger partial charge in [0.2, 0.25) is 0 Å². The van der Waals surface area contributed by atoms with Crippen LogP contribution in [0.15, 0.2) is 30.5 Å². The summed E-state index contributed by atoms with van der Waals surface area (Å²) < 4.78 is 5.42. The van der Waals surface area contributed by atoms with Crippen molar-refractivity contribution in [2.45, 2.75) is 40.2 Å². The predicted molar refractivity (Wildman–Crippen MR) is 110 cm³/mol. The number of ether oxygens (including phenoxy) is 1. The lowest BCUT2D eigenvalue weighted by Gasteiger charge is -2.30. The molecule has 1 N–H and O–H groups in total. The SMILES string of the molecule is CCC(C)N(CCNc1cc(OC)cc2cccnc12)CC(C)C.Cl. The summed E-state index contributed by atoms with van der Waals surface area (Å²) in [5.74, 6) is 1.54. The second-order valence-corrected chi connectivity index (χ2v) is 6.82. The average Bonchev–Trinajstić information content (AvgIpc) is 2.59. The monoisotopic (exact) mass is 365 g/mol. The summed E-state index contributed by atoms with van der Waals surface area (Å²) in [5.41, 5.74) is 2.04. The van der Waals surface area contributed by atoms with Crippen molar-refractivity contribution in [3.8, 4) is 5.75 Å². The van der Waals surface area contributed by atoms with Crippen LogP contribution in [0.4, 0.5) is 5.69 Å². The molecule has 0 saturated heterocycles. The fourth-order valence-corrected chi connectivity index (χ4v) is 2.97. The molecule has 2 aromatic rings. The second-order valence-electron chi connectivity index (χ2n) is 6.82. The summed E-state index contributed by atoms with van der Waals surface area (Å²) in [4.78, 5) is 7.09. The predicted octanol–water partition coefficient (Wildman–Crippen LogP) is 4.83. The zero-order valence-corrected chi connectivity index (χ0v) is 16.9. The highest BCUT2D eigenvalue weighted by molar-refractivity contribution is 5.91. The van der Waals surface area contributed by atoms with Gasteiger partial charge >= 0.3 is 0 Å². The van der Waals surface area contributed by atoms with Gasteiger partial charge in [0.15, 0.2) is 0 Å². The summed E-state index contributed by atoms with van der Waals surface area (Å²) in [5, 5.41) is 4.66. The van der Waals surface area contributed by atoms with E-state index in [1.54, 1.807) is 7.11 Å². The normalized spacial score (nSPS) is 12.3. The van der Waals surface area contributed by atoms with E-state index in [0.717, 1.165) is 42.0 Å². The zero-order valence-electron chi connectivity index (χ0n) is 16.1. The Bertz CT molecular complexity index is 648. The van der Waals surface area contributed by atoms with Crippen LogP contribution >= 0.6 is 12.4 Å². The van der Waals surface area contributed by atoms with Crippen LogP contribution in [0.3, 0.4) is 0 Å². The quantitative estimate of drug-likeness (QED) is 0.690. The van der Waals surface area contributed by atoms with E-state index in [0.29, 0.717) is 12.0 Å². The van der Waals surface area contributed by atoms with Gasteiger partial charge in [0, 0.05) is 43.3 Å².